The largest absolute Gasteiger partial charge is 0.469 e. The normalized spacial score (nSPS) is 15.6. The fourth-order valence-corrected chi connectivity index (χ4v) is 2.83. The summed E-state index contributed by atoms with van der Waals surface area (Å²) in [4.78, 5) is 12.9. The van der Waals surface area contributed by atoms with E-state index in [9.17, 15) is 26.7 Å². The molecule has 0 saturated carbocycles. The lowest BCUT2D eigenvalue weighted by Crippen LogP contribution is -2.36. The summed E-state index contributed by atoms with van der Waals surface area (Å²) >= 11 is 2.56. The van der Waals surface area contributed by atoms with Crippen LogP contribution in [-0.4, -0.2) is 55.8 Å². The molecule has 1 aliphatic heterocycles. The number of methoxy groups -OCH3 is 1. The highest BCUT2D eigenvalue weighted by Crippen LogP contribution is 2.29. The van der Waals surface area contributed by atoms with Crippen molar-refractivity contribution in [2.75, 3.05) is 32.1 Å². The van der Waals surface area contributed by atoms with Crippen LogP contribution in [0.1, 0.15) is 29.9 Å². The van der Waals surface area contributed by atoms with E-state index in [0.29, 0.717) is 18.7 Å². The number of hydrogen-bond acceptors (Lipinski definition) is 3. The minimum atomic E-state index is -2.31. The van der Waals surface area contributed by atoms with Crippen LogP contribution in [0, 0.1) is 5.82 Å². The molecule has 1 aromatic carbocycles. The van der Waals surface area contributed by atoms with Crippen LogP contribution in [0.3, 0.4) is 0 Å². The molecule has 154 valence electrons. The predicted octanol–water partition coefficient (Wildman–Crippen LogP) is 4.63. The standard InChI is InChI=1S/C16H20F3NO2.C2H3BrF2/c1-22-16(21)9-13-3-2-12(8-14(13)17)11-4-6-20(7-5-11)10-15(18)19;3-1-2(4)5/h2-3,8,11,15H,4-7,9-10H2,1H3;2H,1H2. The number of carbonyl (C=O) groups is 1. The number of piperidine rings is 1. The third-order valence-electron chi connectivity index (χ3n) is 4.21. The van der Waals surface area contributed by atoms with Gasteiger partial charge in [0.05, 0.1) is 25.4 Å². The molecule has 9 heteroatoms. The van der Waals surface area contributed by atoms with Crippen molar-refractivity contribution < 1.29 is 31.5 Å². The van der Waals surface area contributed by atoms with Gasteiger partial charge in [0.2, 0.25) is 6.43 Å². The fourth-order valence-electron chi connectivity index (χ4n) is 2.83. The zero-order valence-corrected chi connectivity index (χ0v) is 16.5. The number of esters is 1. The summed E-state index contributed by atoms with van der Waals surface area (Å²) in [7, 11) is 1.27. The van der Waals surface area contributed by atoms with E-state index in [2.05, 4.69) is 20.7 Å². The molecule has 1 saturated heterocycles. The zero-order chi connectivity index (χ0) is 20.4. The van der Waals surface area contributed by atoms with Crippen LogP contribution in [0.25, 0.3) is 0 Å². The number of alkyl halides is 5. The van der Waals surface area contributed by atoms with Crippen molar-refractivity contribution in [3.63, 3.8) is 0 Å². The van der Waals surface area contributed by atoms with Gasteiger partial charge in [-0.2, -0.15) is 0 Å². The third-order valence-corrected chi connectivity index (χ3v) is 4.70. The molecule has 1 fully saturated rings. The first-order chi connectivity index (χ1) is 12.8. The van der Waals surface area contributed by atoms with Crippen molar-refractivity contribution in [2.45, 2.75) is 38.0 Å². The molecule has 1 heterocycles. The quantitative estimate of drug-likeness (QED) is 0.352. The maximum absolute atomic E-state index is 14.0. The first kappa shape index (κ1) is 23.8. The Morgan fingerprint density at radius 3 is 2.26 bits per heavy atom. The molecule has 0 aliphatic carbocycles. The highest BCUT2D eigenvalue weighted by atomic mass is 79.9. The Bertz CT molecular complexity index is 581. The number of benzene rings is 1. The number of halogens is 6. The lowest BCUT2D eigenvalue weighted by molar-refractivity contribution is -0.139. The van der Waals surface area contributed by atoms with Crippen molar-refractivity contribution in [1.82, 2.24) is 4.90 Å². The minimum absolute atomic E-state index is 0.0879. The molecule has 0 N–H and O–H groups in total. The van der Waals surface area contributed by atoms with Gasteiger partial charge in [-0.15, -0.1) is 0 Å². The maximum Gasteiger partial charge on any atom is 0.310 e. The van der Waals surface area contributed by atoms with Gasteiger partial charge in [-0.3, -0.25) is 9.69 Å². The molecule has 0 unspecified atom stereocenters. The maximum atomic E-state index is 14.0. The van der Waals surface area contributed by atoms with Crippen LogP contribution in [0.4, 0.5) is 22.0 Å². The average Bonchev–Trinajstić information content (AvgIpc) is 2.64. The predicted molar refractivity (Wildman–Crippen MR) is 96.3 cm³/mol. The van der Waals surface area contributed by atoms with E-state index in [1.165, 1.54) is 13.2 Å². The van der Waals surface area contributed by atoms with Gasteiger partial charge in [0, 0.05) is 0 Å². The van der Waals surface area contributed by atoms with Gasteiger partial charge in [-0.25, -0.2) is 22.0 Å². The zero-order valence-electron chi connectivity index (χ0n) is 14.9. The van der Waals surface area contributed by atoms with Crippen molar-refractivity contribution in [3.8, 4) is 0 Å². The van der Waals surface area contributed by atoms with Crippen molar-refractivity contribution in [1.29, 1.82) is 0 Å². The minimum Gasteiger partial charge on any atom is -0.469 e. The first-order valence-electron chi connectivity index (χ1n) is 8.46. The van der Waals surface area contributed by atoms with Gasteiger partial charge in [0.15, 0.2) is 0 Å². The summed E-state index contributed by atoms with van der Waals surface area (Å²) in [6.07, 6.45) is -3.12. The summed E-state index contributed by atoms with van der Waals surface area (Å²) in [6.45, 7) is 1.00. The van der Waals surface area contributed by atoms with E-state index >= 15 is 0 Å². The Kier molecular flexibility index (Phi) is 10.8. The van der Waals surface area contributed by atoms with E-state index in [-0.39, 0.29) is 24.2 Å². The Morgan fingerprint density at radius 1 is 1.22 bits per heavy atom. The van der Waals surface area contributed by atoms with Crippen molar-refractivity contribution in [3.05, 3.63) is 35.1 Å². The molecular weight excluding hydrogens is 437 g/mol. The second kappa shape index (κ2) is 12.3. The highest BCUT2D eigenvalue weighted by Gasteiger charge is 2.23. The molecule has 0 radical (unpaired) electrons. The molecule has 2 rings (SSSR count). The molecule has 0 atom stereocenters. The summed E-state index contributed by atoms with van der Waals surface area (Å²) in [5, 5.41) is -0.215. The van der Waals surface area contributed by atoms with Crippen LogP contribution in [0.2, 0.25) is 0 Å². The van der Waals surface area contributed by atoms with Gasteiger partial charge in [-0.05, 0) is 49.0 Å². The molecule has 0 amide bonds. The number of likely N-dealkylation sites (tertiary alicyclic amines) is 1. The molecule has 27 heavy (non-hydrogen) atoms. The van der Waals surface area contributed by atoms with Gasteiger partial charge >= 0.3 is 5.97 Å². The Labute approximate surface area is 164 Å². The van der Waals surface area contributed by atoms with E-state index in [1.54, 1.807) is 11.0 Å². The summed E-state index contributed by atoms with van der Waals surface area (Å²) in [5.74, 6) is -0.722. The topological polar surface area (TPSA) is 29.5 Å². The summed E-state index contributed by atoms with van der Waals surface area (Å²) < 4.78 is 64.7. The third kappa shape index (κ3) is 9.01. The van der Waals surface area contributed by atoms with Crippen LogP contribution < -0.4 is 0 Å². The first-order valence-corrected chi connectivity index (χ1v) is 9.58. The van der Waals surface area contributed by atoms with Gasteiger partial charge in [-0.1, -0.05) is 28.1 Å². The molecule has 0 spiro atoms. The summed E-state index contributed by atoms with van der Waals surface area (Å²) in [5.41, 5.74) is 1.17. The number of ether oxygens (including phenoxy) is 1. The summed E-state index contributed by atoms with van der Waals surface area (Å²) in [6, 6.07) is 4.87. The molecule has 0 aromatic heterocycles. The second-order valence-electron chi connectivity index (χ2n) is 6.12. The van der Waals surface area contributed by atoms with Crippen LogP contribution in [0.15, 0.2) is 18.2 Å². The van der Waals surface area contributed by atoms with Gasteiger partial charge in [0.25, 0.3) is 6.43 Å². The molecule has 1 aliphatic rings. The van der Waals surface area contributed by atoms with Crippen molar-refractivity contribution >= 4 is 21.9 Å². The number of hydrogen-bond donors (Lipinski definition) is 0. The van der Waals surface area contributed by atoms with Gasteiger partial charge in [0.1, 0.15) is 5.82 Å². The fraction of sp³-hybridized carbons (Fsp3) is 0.611. The average molecular weight is 460 g/mol. The lowest BCUT2D eigenvalue weighted by Gasteiger charge is -2.32. The van der Waals surface area contributed by atoms with E-state index < -0.39 is 24.6 Å². The molecule has 1 aromatic rings. The second-order valence-corrected chi connectivity index (χ2v) is 6.76. The highest BCUT2D eigenvalue weighted by molar-refractivity contribution is 9.09. The number of nitrogens with zero attached hydrogens (tertiary/aromatic N) is 1. The van der Waals surface area contributed by atoms with Crippen LogP contribution in [-0.2, 0) is 16.0 Å². The Morgan fingerprint density at radius 2 is 1.81 bits per heavy atom. The Hall–Kier alpha value is -1.22. The van der Waals surface area contributed by atoms with E-state index in [0.717, 1.165) is 18.4 Å². The van der Waals surface area contributed by atoms with E-state index in [4.69, 9.17) is 0 Å². The Balaban J connectivity index is 0.000000646. The molecule has 0 bridgehead atoms. The molecule has 3 nitrogen and oxygen atoms in total. The van der Waals surface area contributed by atoms with Crippen LogP contribution in [0.5, 0.6) is 0 Å². The monoisotopic (exact) mass is 459 g/mol. The lowest BCUT2D eigenvalue weighted by atomic mass is 9.88. The van der Waals surface area contributed by atoms with E-state index in [1.807, 2.05) is 6.07 Å². The number of rotatable bonds is 6. The SMILES string of the molecule is COC(=O)Cc1ccc(C2CCN(CC(F)F)CC2)cc1F.FC(F)CBr. The van der Waals surface area contributed by atoms with Crippen LogP contribution >= 0.6 is 15.9 Å². The molecular formula is C18H23BrF5NO2. The van der Waals surface area contributed by atoms with Crippen molar-refractivity contribution in [2.24, 2.45) is 0 Å². The van der Waals surface area contributed by atoms with Gasteiger partial charge < -0.3 is 4.74 Å². The number of carbonyl (C=O) groups excluding carboxylic acids is 1. The smallest absolute Gasteiger partial charge is 0.310 e.